The molecule has 0 bridgehead atoms. The number of rotatable bonds is 3. The van der Waals surface area contributed by atoms with E-state index in [1.165, 1.54) is 0 Å². The summed E-state index contributed by atoms with van der Waals surface area (Å²) in [4.78, 5) is 23.9. The number of aliphatic carboxylic acids is 1. The summed E-state index contributed by atoms with van der Waals surface area (Å²) in [6.07, 6.45) is 0.520. The van der Waals surface area contributed by atoms with Crippen molar-refractivity contribution in [1.82, 2.24) is 10.2 Å². The Morgan fingerprint density at radius 3 is 2.73 bits per heavy atom. The highest BCUT2D eigenvalue weighted by Crippen LogP contribution is 2.23. The fraction of sp³-hybridized carbons (Fsp3) is 0.778. The Labute approximate surface area is 88.4 Å². The number of hydrogen-bond acceptors (Lipinski definition) is 3. The SMILES string of the molecule is CC1C(C(=O)O)CCN1C(=O)NCCN. The van der Waals surface area contributed by atoms with E-state index in [0.29, 0.717) is 26.1 Å². The fourth-order valence-corrected chi connectivity index (χ4v) is 1.84. The predicted molar refractivity (Wildman–Crippen MR) is 54.4 cm³/mol. The highest BCUT2D eigenvalue weighted by Gasteiger charge is 2.37. The number of carboxylic acids is 1. The summed E-state index contributed by atoms with van der Waals surface area (Å²) in [5, 5.41) is 11.5. The van der Waals surface area contributed by atoms with Crippen molar-refractivity contribution in [3.8, 4) is 0 Å². The third-order valence-corrected chi connectivity index (χ3v) is 2.75. The first-order valence-electron chi connectivity index (χ1n) is 5.05. The first-order chi connectivity index (χ1) is 7.07. The molecule has 1 fully saturated rings. The zero-order chi connectivity index (χ0) is 11.4. The van der Waals surface area contributed by atoms with Gasteiger partial charge < -0.3 is 21.1 Å². The van der Waals surface area contributed by atoms with Gasteiger partial charge in [-0.3, -0.25) is 4.79 Å². The van der Waals surface area contributed by atoms with Crippen LogP contribution in [0.2, 0.25) is 0 Å². The molecule has 6 heteroatoms. The Bertz CT molecular complexity index is 257. The van der Waals surface area contributed by atoms with Crippen molar-refractivity contribution in [3.05, 3.63) is 0 Å². The van der Waals surface area contributed by atoms with Gasteiger partial charge in [-0.25, -0.2) is 4.79 Å². The zero-order valence-electron chi connectivity index (χ0n) is 8.77. The van der Waals surface area contributed by atoms with Crippen LogP contribution in [0, 0.1) is 5.92 Å². The van der Waals surface area contributed by atoms with E-state index in [2.05, 4.69) is 5.32 Å². The summed E-state index contributed by atoms with van der Waals surface area (Å²) in [5.74, 6) is -1.29. The lowest BCUT2D eigenvalue weighted by Gasteiger charge is -2.23. The molecule has 0 aromatic rings. The second-order valence-electron chi connectivity index (χ2n) is 3.69. The molecule has 1 saturated heterocycles. The normalized spacial score (nSPS) is 25.3. The van der Waals surface area contributed by atoms with Gasteiger partial charge >= 0.3 is 12.0 Å². The molecule has 6 nitrogen and oxygen atoms in total. The Kier molecular flexibility index (Phi) is 3.90. The van der Waals surface area contributed by atoms with E-state index >= 15 is 0 Å². The number of amides is 2. The number of nitrogens with two attached hydrogens (primary N) is 1. The van der Waals surface area contributed by atoms with E-state index in [4.69, 9.17) is 10.8 Å². The van der Waals surface area contributed by atoms with Crippen LogP contribution in [0.5, 0.6) is 0 Å². The molecule has 0 saturated carbocycles. The molecule has 0 aromatic carbocycles. The fourth-order valence-electron chi connectivity index (χ4n) is 1.84. The van der Waals surface area contributed by atoms with Gasteiger partial charge in [0.05, 0.1) is 5.92 Å². The quantitative estimate of drug-likeness (QED) is 0.588. The van der Waals surface area contributed by atoms with Gasteiger partial charge in [-0.15, -0.1) is 0 Å². The number of carbonyl (C=O) groups excluding carboxylic acids is 1. The van der Waals surface area contributed by atoms with Crippen molar-refractivity contribution in [2.45, 2.75) is 19.4 Å². The topological polar surface area (TPSA) is 95.7 Å². The van der Waals surface area contributed by atoms with Gasteiger partial charge in [0, 0.05) is 25.7 Å². The molecule has 4 N–H and O–H groups in total. The monoisotopic (exact) mass is 215 g/mol. The Hall–Kier alpha value is -1.30. The van der Waals surface area contributed by atoms with Crippen molar-refractivity contribution in [2.24, 2.45) is 11.7 Å². The van der Waals surface area contributed by atoms with Gasteiger partial charge in [0.2, 0.25) is 0 Å². The minimum Gasteiger partial charge on any atom is -0.481 e. The van der Waals surface area contributed by atoms with Crippen molar-refractivity contribution in [3.63, 3.8) is 0 Å². The molecule has 0 spiro atoms. The number of urea groups is 1. The van der Waals surface area contributed by atoms with Crippen LogP contribution in [0.4, 0.5) is 4.79 Å². The molecule has 2 amide bonds. The third kappa shape index (κ3) is 2.59. The number of nitrogens with one attached hydrogen (secondary N) is 1. The lowest BCUT2D eigenvalue weighted by molar-refractivity contribution is -0.142. The molecular weight excluding hydrogens is 198 g/mol. The molecule has 1 rings (SSSR count). The standard InChI is InChI=1S/C9H17N3O3/c1-6-7(8(13)14)2-5-12(6)9(15)11-4-3-10/h6-7H,2-5,10H2,1H3,(H,11,15)(H,13,14). The number of likely N-dealkylation sites (tertiary alicyclic amines) is 1. The first-order valence-corrected chi connectivity index (χ1v) is 5.05. The summed E-state index contributed by atoms with van der Waals surface area (Å²) in [5.41, 5.74) is 5.26. The van der Waals surface area contributed by atoms with Gasteiger partial charge in [0.25, 0.3) is 0 Å². The Balaban J connectivity index is 2.51. The maximum Gasteiger partial charge on any atom is 0.317 e. The zero-order valence-corrected chi connectivity index (χ0v) is 8.77. The van der Waals surface area contributed by atoms with Gasteiger partial charge in [-0.05, 0) is 13.3 Å². The van der Waals surface area contributed by atoms with E-state index in [9.17, 15) is 9.59 Å². The molecule has 0 aliphatic carbocycles. The van der Waals surface area contributed by atoms with Crippen molar-refractivity contribution in [2.75, 3.05) is 19.6 Å². The number of carbonyl (C=O) groups is 2. The lowest BCUT2D eigenvalue weighted by Crippen LogP contribution is -2.45. The van der Waals surface area contributed by atoms with Gasteiger partial charge in [-0.1, -0.05) is 0 Å². The van der Waals surface area contributed by atoms with Crippen LogP contribution in [-0.4, -0.2) is 47.7 Å². The van der Waals surface area contributed by atoms with Crippen LogP contribution in [0.3, 0.4) is 0 Å². The van der Waals surface area contributed by atoms with Gasteiger partial charge in [-0.2, -0.15) is 0 Å². The molecule has 1 aliphatic heterocycles. The average molecular weight is 215 g/mol. The van der Waals surface area contributed by atoms with E-state index in [0.717, 1.165) is 0 Å². The second kappa shape index (κ2) is 4.97. The van der Waals surface area contributed by atoms with Crippen LogP contribution in [0.15, 0.2) is 0 Å². The summed E-state index contributed by atoms with van der Waals surface area (Å²) in [6.45, 7) is 3.05. The number of nitrogens with zero attached hydrogens (tertiary/aromatic N) is 1. The molecule has 2 unspecified atom stereocenters. The molecule has 86 valence electrons. The smallest absolute Gasteiger partial charge is 0.317 e. The molecule has 0 radical (unpaired) electrons. The van der Waals surface area contributed by atoms with Crippen molar-refractivity contribution in [1.29, 1.82) is 0 Å². The molecule has 1 aliphatic rings. The van der Waals surface area contributed by atoms with Crippen molar-refractivity contribution < 1.29 is 14.7 Å². The minimum absolute atomic E-state index is 0.225. The van der Waals surface area contributed by atoms with Crippen LogP contribution < -0.4 is 11.1 Å². The predicted octanol–water partition coefficient (Wildman–Crippen LogP) is -0.550. The summed E-state index contributed by atoms with van der Waals surface area (Å²) < 4.78 is 0. The maximum atomic E-state index is 11.5. The largest absolute Gasteiger partial charge is 0.481 e. The van der Waals surface area contributed by atoms with E-state index in [1.54, 1.807) is 11.8 Å². The van der Waals surface area contributed by atoms with E-state index < -0.39 is 11.9 Å². The first kappa shape index (κ1) is 11.8. The van der Waals surface area contributed by atoms with Crippen LogP contribution in [0.1, 0.15) is 13.3 Å². The molecule has 1 heterocycles. The van der Waals surface area contributed by atoms with Crippen molar-refractivity contribution >= 4 is 12.0 Å². The molecule has 0 aromatic heterocycles. The van der Waals surface area contributed by atoms with Crippen LogP contribution in [0.25, 0.3) is 0 Å². The minimum atomic E-state index is -0.836. The highest BCUT2D eigenvalue weighted by atomic mass is 16.4. The number of carboxylic acid groups (broad SMARTS) is 1. The van der Waals surface area contributed by atoms with Crippen LogP contribution in [-0.2, 0) is 4.79 Å². The second-order valence-corrected chi connectivity index (χ2v) is 3.69. The molecule has 15 heavy (non-hydrogen) atoms. The van der Waals surface area contributed by atoms with Gasteiger partial charge in [0.1, 0.15) is 0 Å². The van der Waals surface area contributed by atoms with E-state index in [1.807, 2.05) is 0 Å². The molecule has 2 atom stereocenters. The average Bonchev–Trinajstić information content (AvgIpc) is 2.56. The third-order valence-electron chi connectivity index (χ3n) is 2.75. The number of hydrogen-bond donors (Lipinski definition) is 3. The van der Waals surface area contributed by atoms with E-state index in [-0.39, 0.29) is 12.1 Å². The highest BCUT2D eigenvalue weighted by molar-refractivity contribution is 5.78. The van der Waals surface area contributed by atoms with Crippen LogP contribution >= 0.6 is 0 Å². The van der Waals surface area contributed by atoms with Gasteiger partial charge in [0.15, 0.2) is 0 Å². The summed E-state index contributed by atoms with van der Waals surface area (Å²) in [7, 11) is 0. The maximum absolute atomic E-state index is 11.5. The Morgan fingerprint density at radius 1 is 1.60 bits per heavy atom. The summed E-state index contributed by atoms with van der Waals surface area (Å²) >= 11 is 0. The lowest BCUT2D eigenvalue weighted by atomic mass is 10.0. The summed E-state index contributed by atoms with van der Waals surface area (Å²) in [6, 6.07) is -0.475. The Morgan fingerprint density at radius 2 is 2.27 bits per heavy atom. The molecular formula is C9H17N3O3.